The standard InChI is InChI=1S/C15H18O4/c1-10(5-8-15(17)18)19-12-6-7-13-11(9-12)3-2-4-14(13)16/h6-7,9-10H,2-5,8H2,1H3,(H,17,18). The Labute approximate surface area is 112 Å². The number of carbonyl (C=O) groups excluding carboxylic acids is 1. The highest BCUT2D eigenvalue weighted by atomic mass is 16.5. The minimum Gasteiger partial charge on any atom is -0.491 e. The molecule has 4 heteroatoms. The lowest BCUT2D eigenvalue weighted by molar-refractivity contribution is -0.137. The van der Waals surface area contributed by atoms with Gasteiger partial charge in [-0.15, -0.1) is 0 Å². The van der Waals surface area contributed by atoms with Gasteiger partial charge in [-0.2, -0.15) is 0 Å². The van der Waals surface area contributed by atoms with Crippen molar-refractivity contribution in [1.29, 1.82) is 0 Å². The zero-order chi connectivity index (χ0) is 13.8. The van der Waals surface area contributed by atoms with E-state index in [1.165, 1.54) is 0 Å². The van der Waals surface area contributed by atoms with E-state index in [2.05, 4.69) is 0 Å². The average Bonchev–Trinajstić information content (AvgIpc) is 2.36. The van der Waals surface area contributed by atoms with Crippen LogP contribution in [0.1, 0.15) is 48.5 Å². The Morgan fingerprint density at radius 3 is 2.95 bits per heavy atom. The molecular weight excluding hydrogens is 244 g/mol. The van der Waals surface area contributed by atoms with Crippen LogP contribution in [-0.2, 0) is 11.2 Å². The number of Topliss-reactive ketones (excluding diaryl/α,β-unsaturated/α-hetero) is 1. The second-order valence-corrected chi connectivity index (χ2v) is 4.96. The van der Waals surface area contributed by atoms with Crippen LogP contribution in [0, 0.1) is 0 Å². The maximum atomic E-state index is 11.7. The number of benzene rings is 1. The summed E-state index contributed by atoms with van der Waals surface area (Å²) in [6, 6.07) is 5.51. The van der Waals surface area contributed by atoms with E-state index in [1.807, 2.05) is 19.1 Å². The summed E-state index contributed by atoms with van der Waals surface area (Å²) in [6.45, 7) is 1.85. The van der Waals surface area contributed by atoms with E-state index in [0.717, 1.165) is 24.0 Å². The summed E-state index contributed by atoms with van der Waals surface area (Å²) in [7, 11) is 0. The third kappa shape index (κ3) is 3.56. The molecule has 1 aromatic rings. The quantitative estimate of drug-likeness (QED) is 0.886. The highest BCUT2D eigenvalue weighted by Gasteiger charge is 2.17. The van der Waals surface area contributed by atoms with Crippen LogP contribution < -0.4 is 4.74 Å². The second-order valence-electron chi connectivity index (χ2n) is 4.96. The number of hydrogen-bond donors (Lipinski definition) is 1. The van der Waals surface area contributed by atoms with Crippen molar-refractivity contribution in [3.05, 3.63) is 29.3 Å². The molecular formula is C15H18O4. The van der Waals surface area contributed by atoms with Gasteiger partial charge in [-0.1, -0.05) is 0 Å². The Kier molecular flexibility index (Phi) is 4.20. The lowest BCUT2D eigenvalue weighted by atomic mass is 9.90. The summed E-state index contributed by atoms with van der Waals surface area (Å²) >= 11 is 0. The van der Waals surface area contributed by atoms with Gasteiger partial charge in [0.05, 0.1) is 6.10 Å². The van der Waals surface area contributed by atoms with Crippen molar-refractivity contribution in [3.63, 3.8) is 0 Å². The molecule has 0 fully saturated rings. The Morgan fingerprint density at radius 1 is 1.42 bits per heavy atom. The molecule has 0 saturated carbocycles. The van der Waals surface area contributed by atoms with Crippen LogP contribution in [0.3, 0.4) is 0 Å². The van der Waals surface area contributed by atoms with Crippen molar-refractivity contribution in [2.45, 2.75) is 45.1 Å². The first-order chi connectivity index (χ1) is 9.06. The Bertz CT molecular complexity index is 493. The number of carboxylic acid groups (broad SMARTS) is 1. The lowest BCUT2D eigenvalue weighted by Crippen LogP contribution is -2.15. The van der Waals surface area contributed by atoms with Gasteiger partial charge in [0.1, 0.15) is 5.75 Å². The molecule has 1 N–H and O–H groups in total. The van der Waals surface area contributed by atoms with Crippen LogP contribution >= 0.6 is 0 Å². The fourth-order valence-corrected chi connectivity index (χ4v) is 2.31. The third-order valence-electron chi connectivity index (χ3n) is 3.33. The Morgan fingerprint density at radius 2 is 2.21 bits per heavy atom. The smallest absolute Gasteiger partial charge is 0.303 e. The number of carbonyl (C=O) groups is 2. The van der Waals surface area contributed by atoms with Crippen molar-refractivity contribution in [3.8, 4) is 5.75 Å². The van der Waals surface area contributed by atoms with Gasteiger partial charge in [0.2, 0.25) is 0 Å². The first-order valence-electron chi connectivity index (χ1n) is 6.61. The van der Waals surface area contributed by atoms with Crippen LogP contribution in [0.5, 0.6) is 5.75 Å². The summed E-state index contributed by atoms with van der Waals surface area (Å²) in [6.07, 6.45) is 2.86. The molecule has 1 atom stereocenters. The predicted molar refractivity (Wildman–Crippen MR) is 70.7 cm³/mol. The van der Waals surface area contributed by atoms with Gasteiger partial charge in [0, 0.05) is 18.4 Å². The average molecular weight is 262 g/mol. The number of ether oxygens (including phenoxy) is 1. The summed E-state index contributed by atoms with van der Waals surface area (Å²) in [5.41, 5.74) is 1.84. The maximum Gasteiger partial charge on any atom is 0.303 e. The molecule has 0 aliphatic heterocycles. The Balaban J connectivity index is 2.02. The van der Waals surface area contributed by atoms with Gasteiger partial charge in [0.25, 0.3) is 0 Å². The van der Waals surface area contributed by atoms with E-state index >= 15 is 0 Å². The monoisotopic (exact) mass is 262 g/mol. The number of rotatable bonds is 5. The molecule has 2 rings (SSSR count). The zero-order valence-corrected chi connectivity index (χ0v) is 11.0. The molecule has 0 aromatic heterocycles. The zero-order valence-electron chi connectivity index (χ0n) is 11.0. The van der Waals surface area contributed by atoms with Crippen molar-refractivity contribution in [2.75, 3.05) is 0 Å². The first-order valence-corrected chi connectivity index (χ1v) is 6.61. The van der Waals surface area contributed by atoms with Gasteiger partial charge in [-0.05, 0) is 49.9 Å². The molecule has 0 amide bonds. The molecule has 1 aliphatic carbocycles. The summed E-state index contributed by atoms with van der Waals surface area (Å²) in [4.78, 5) is 22.2. The highest BCUT2D eigenvalue weighted by Crippen LogP contribution is 2.26. The molecule has 1 unspecified atom stereocenters. The number of ketones is 1. The van der Waals surface area contributed by atoms with Crippen LogP contribution in [-0.4, -0.2) is 23.0 Å². The van der Waals surface area contributed by atoms with Gasteiger partial charge in [0.15, 0.2) is 5.78 Å². The SMILES string of the molecule is CC(CCC(=O)O)Oc1ccc2c(c1)CCCC2=O. The van der Waals surface area contributed by atoms with E-state index in [0.29, 0.717) is 18.6 Å². The molecule has 102 valence electrons. The van der Waals surface area contributed by atoms with Gasteiger partial charge < -0.3 is 9.84 Å². The predicted octanol–water partition coefficient (Wildman–Crippen LogP) is 2.84. The molecule has 0 heterocycles. The summed E-state index contributed by atoms with van der Waals surface area (Å²) < 4.78 is 5.69. The van der Waals surface area contributed by atoms with Crippen LogP contribution in [0.15, 0.2) is 18.2 Å². The number of hydrogen-bond acceptors (Lipinski definition) is 3. The molecule has 1 aliphatic rings. The van der Waals surface area contributed by atoms with E-state index in [4.69, 9.17) is 9.84 Å². The number of aryl methyl sites for hydroxylation is 1. The topological polar surface area (TPSA) is 63.6 Å². The van der Waals surface area contributed by atoms with Gasteiger partial charge in [-0.3, -0.25) is 9.59 Å². The summed E-state index contributed by atoms with van der Waals surface area (Å²) in [5.74, 6) is 0.101. The lowest BCUT2D eigenvalue weighted by Gasteiger charge is -2.18. The van der Waals surface area contributed by atoms with Crippen LogP contribution in [0.2, 0.25) is 0 Å². The minimum atomic E-state index is -0.813. The van der Waals surface area contributed by atoms with E-state index in [-0.39, 0.29) is 18.3 Å². The second kappa shape index (κ2) is 5.87. The molecule has 0 radical (unpaired) electrons. The number of aliphatic carboxylic acids is 1. The highest BCUT2D eigenvalue weighted by molar-refractivity contribution is 5.98. The normalized spacial score (nSPS) is 15.7. The van der Waals surface area contributed by atoms with Crippen molar-refractivity contribution in [1.82, 2.24) is 0 Å². The molecule has 0 saturated heterocycles. The van der Waals surface area contributed by atoms with Crippen molar-refractivity contribution >= 4 is 11.8 Å². The van der Waals surface area contributed by atoms with Crippen LogP contribution in [0.25, 0.3) is 0 Å². The molecule has 4 nitrogen and oxygen atoms in total. The fraction of sp³-hybridized carbons (Fsp3) is 0.467. The molecule has 0 bridgehead atoms. The van der Waals surface area contributed by atoms with E-state index in [9.17, 15) is 9.59 Å². The van der Waals surface area contributed by atoms with Crippen molar-refractivity contribution < 1.29 is 19.4 Å². The number of fused-ring (bicyclic) bond motifs is 1. The molecule has 19 heavy (non-hydrogen) atoms. The fourth-order valence-electron chi connectivity index (χ4n) is 2.31. The maximum absolute atomic E-state index is 11.7. The minimum absolute atomic E-state index is 0.102. The molecule has 0 spiro atoms. The van der Waals surface area contributed by atoms with Gasteiger partial charge in [-0.25, -0.2) is 0 Å². The van der Waals surface area contributed by atoms with E-state index in [1.54, 1.807) is 6.07 Å². The summed E-state index contributed by atoms with van der Waals surface area (Å²) in [5, 5.41) is 8.62. The third-order valence-corrected chi connectivity index (χ3v) is 3.33. The Hall–Kier alpha value is -1.84. The number of carboxylic acids is 1. The first kappa shape index (κ1) is 13.6. The largest absolute Gasteiger partial charge is 0.491 e. The van der Waals surface area contributed by atoms with Gasteiger partial charge >= 0.3 is 5.97 Å². The molecule has 1 aromatic carbocycles. The van der Waals surface area contributed by atoms with Crippen LogP contribution in [0.4, 0.5) is 0 Å². The van der Waals surface area contributed by atoms with E-state index < -0.39 is 5.97 Å². The van der Waals surface area contributed by atoms with Crippen molar-refractivity contribution in [2.24, 2.45) is 0 Å².